The van der Waals surface area contributed by atoms with Gasteiger partial charge in [-0.25, -0.2) is 0 Å². The van der Waals surface area contributed by atoms with Crippen LogP contribution in [-0.4, -0.2) is 29.7 Å². The highest BCUT2D eigenvalue weighted by atomic mass is 16.3. The first-order valence-electron chi connectivity index (χ1n) is 5.53. The Morgan fingerprint density at radius 1 is 1.53 bits per heavy atom. The van der Waals surface area contributed by atoms with Crippen LogP contribution in [0.25, 0.3) is 0 Å². The molecule has 0 aliphatic carbocycles. The van der Waals surface area contributed by atoms with Gasteiger partial charge in [0.2, 0.25) is 5.91 Å². The van der Waals surface area contributed by atoms with E-state index >= 15 is 0 Å². The molecular formula is C11H24N2O2. The van der Waals surface area contributed by atoms with E-state index in [-0.39, 0.29) is 18.1 Å². The lowest BCUT2D eigenvalue weighted by Crippen LogP contribution is -2.44. The van der Waals surface area contributed by atoms with Crippen LogP contribution in [-0.2, 0) is 4.79 Å². The largest absolute Gasteiger partial charge is 0.396 e. The number of aliphatic hydroxyl groups is 1. The number of hydrogen-bond acceptors (Lipinski definition) is 3. The zero-order valence-electron chi connectivity index (χ0n) is 10.0. The number of aliphatic hydroxyl groups excluding tert-OH is 1. The van der Waals surface area contributed by atoms with Crippen molar-refractivity contribution in [3.8, 4) is 0 Å². The smallest absolute Gasteiger partial charge is 0.220 e. The third-order valence-corrected chi connectivity index (χ3v) is 2.48. The Morgan fingerprint density at radius 2 is 2.13 bits per heavy atom. The third kappa shape index (κ3) is 7.33. The molecule has 0 aromatic rings. The van der Waals surface area contributed by atoms with Crippen molar-refractivity contribution in [1.82, 2.24) is 5.32 Å². The van der Waals surface area contributed by atoms with E-state index < -0.39 is 0 Å². The minimum Gasteiger partial charge on any atom is -0.396 e. The molecule has 0 aromatic heterocycles. The number of carbonyl (C=O) groups is 1. The minimum absolute atomic E-state index is 0.0359. The van der Waals surface area contributed by atoms with E-state index in [2.05, 4.69) is 5.32 Å². The maximum atomic E-state index is 11.5. The van der Waals surface area contributed by atoms with Gasteiger partial charge in [-0.3, -0.25) is 4.79 Å². The van der Waals surface area contributed by atoms with Crippen LogP contribution in [0.3, 0.4) is 0 Å². The first-order valence-corrected chi connectivity index (χ1v) is 5.53. The van der Waals surface area contributed by atoms with Gasteiger partial charge in [0, 0.05) is 18.6 Å². The molecule has 0 bridgehead atoms. The highest BCUT2D eigenvalue weighted by Gasteiger charge is 2.19. The molecule has 0 heterocycles. The minimum atomic E-state index is -0.322. The maximum Gasteiger partial charge on any atom is 0.220 e. The Balaban J connectivity index is 3.82. The molecule has 0 rings (SSSR count). The van der Waals surface area contributed by atoms with Crippen LogP contribution in [0.2, 0.25) is 0 Å². The van der Waals surface area contributed by atoms with E-state index in [1.165, 1.54) is 0 Å². The molecule has 4 heteroatoms. The summed E-state index contributed by atoms with van der Waals surface area (Å²) in [5, 5.41) is 11.7. The predicted molar refractivity (Wildman–Crippen MR) is 61.4 cm³/mol. The van der Waals surface area contributed by atoms with Crippen molar-refractivity contribution in [3.05, 3.63) is 0 Å². The monoisotopic (exact) mass is 216 g/mol. The fourth-order valence-corrected chi connectivity index (χ4v) is 1.28. The number of nitrogens with two attached hydrogens (primary N) is 1. The van der Waals surface area contributed by atoms with E-state index in [9.17, 15) is 4.79 Å². The third-order valence-electron chi connectivity index (χ3n) is 2.48. The number of rotatable bonds is 7. The van der Waals surface area contributed by atoms with Crippen LogP contribution >= 0.6 is 0 Å². The fraction of sp³-hybridized carbons (Fsp3) is 0.909. The molecule has 0 aliphatic heterocycles. The van der Waals surface area contributed by atoms with E-state index in [1.54, 1.807) is 0 Å². The van der Waals surface area contributed by atoms with Gasteiger partial charge >= 0.3 is 0 Å². The number of nitrogens with one attached hydrogen (secondary N) is 1. The summed E-state index contributed by atoms with van der Waals surface area (Å²) in [5.41, 5.74) is 5.15. The van der Waals surface area contributed by atoms with Gasteiger partial charge < -0.3 is 16.2 Å². The summed E-state index contributed by atoms with van der Waals surface area (Å²) < 4.78 is 0. The summed E-state index contributed by atoms with van der Waals surface area (Å²) in [6, 6.07) is 0. The molecule has 0 saturated heterocycles. The van der Waals surface area contributed by atoms with Gasteiger partial charge in [0.15, 0.2) is 0 Å². The van der Waals surface area contributed by atoms with Crippen molar-refractivity contribution in [2.45, 2.75) is 45.6 Å². The number of hydrogen-bond donors (Lipinski definition) is 3. The normalized spacial score (nSPS) is 13.7. The van der Waals surface area contributed by atoms with E-state index in [4.69, 9.17) is 10.8 Å². The highest BCUT2D eigenvalue weighted by molar-refractivity contribution is 5.76. The van der Waals surface area contributed by atoms with Gasteiger partial charge in [-0.05, 0) is 39.2 Å². The van der Waals surface area contributed by atoms with Crippen molar-refractivity contribution in [2.75, 3.05) is 13.2 Å². The number of carbonyl (C=O) groups excluding carboxylic acids is 1. The second-order valence-corrected chi connectivity index (χ2v) is 4.79. The van der Waals surface area contributed by atoms with Crippen LogP contribution < -0.4 is 11.1 Å². The highest BCUT2D eigenvalue weighted by Crippen LogP contribution is 2.09. The molecule has 1 atom stereocenters. The standard InChI is InChI=1S/C11H24N2O2/c1-9(8-12)4-5-10(15)13-11(2,3)6-7-14/h9,14H,4-8,12H2,1-3H3,(H,13,15). The lowest BCUT2D eigenvalue weighted by atomic mass is 10.00. The molecule has 1 unspecified atom stereocenters. The van der Waals surface area contributed by atoms with Crippen LogP contribution in [0.4, 0.5) is 0 Å². The molecular weight excluding hydrogens is 192 g/mol. The average molecular weight is 216 g/mol. The van der Waals surface area contributed by atoms with Crippen molar-refractivity contribution in [1.29, 1.82) is 0 Å². The predicted octanol–water partition coefficient (Wildman–Crippen LogP) is 0.639. The molecule has 0 saturated carbocycles. The first kappa shape index (κ1) is 14.4. The summed E-state index contributed by atoms with van der Waals surface area (Å²) in [7, 11) is 0. The Labute approximate surface area is 92.2 Å². The maximum absolute atomic E-state index is 11.5. The topological polar surface area (TPSA) is 75.4 Å². The zero-order chi connectivity index (χ0) is 11.9. The number of amides is 1. The van der Waals surface area contributed by atoms with Crippen molar-refractivity contribution >= 4 is 5.91 Å². The Kier molecular flexibility index (Phi) is 6.52. The Morgan fingerprint density at radius 3 is 2.60 bits per heavy atom. The van der Waals surface area contributed by atoms with Gasteiger partial charge in [0.05, 0.1) is 0 Å². The SMILES string of the molecule is CC(CN)CCC(=O)NC(C)(C)CCO. The second kappa shape index (κ2) is 6.80. The summed E-state index contributed by atoms with van der Waals surface area (Å²) in [4.78, 5) is 11.5. The van der Waals surface area contributed by atoms with Gasteiger partial charge in [-0.15, -0.1) is 0 Å². The lowest BCUT2D eigenvalue weighted by Gasteiger charge is -2.25. The summed E-state index contributed by atoms with van der Waals surface area (Å²) in [6.45, 7) is 6.56. The molecule has 0 aliphatic rings. The molecule has 1 amide bonds. The first-order chi connectivity index (χ1) is 6.91. The van der Waals surface area contributed by atoms with Crippen LogP contribution in [0.1, 0.15) is 40.0 Å². The Bertz CT molecular complexity index is 193. The lowest BCUT2D eigenvalue weighted by molar-refractivity contribution is -0.123. The average Bonchev–Trinajstić information content (AvgIpc) is 2.13. The summed E-state index contributed by atoms with van der Waals surface area (Å²) in [6.07, 6.45) is 1.90. The van der Waals surface area contributed by atoms with E-state index in [0.29, 0.717) is 25.3 Å². The van der Waals surface area contributed by atoms with Crippen molar-refractivity contribution in [2.24, 2.45) is 11.7 Å². The summed E-state index contributed by atoms with van der Waals surface area (Å²) in [5.74, 6) is 0.422. The van der Waals surface area contributed by atoms with Crippen LogP contribution in [0.5, 0.6) is 0 Å². The van der Waals surface area contributed by atoms with Gasteiger partial charge in [-0.2, -0.15) is 0 Å². The van der Waals surface area contributed by atoms with Crippen LogP contribution in [0, 0.1) is 5.92 Å². The van der Waals surface area contributed by atoms with Gasteiger partial charge in [0.1, 0.15) is 0 Å². The molecule has 4 N–H and O–H groups in total. The second-order valence-electron chi connectivity index (χ2n) is 4.79. The summed E-state index contributed by atoms with van der Waals surface area (Å²) >= 11 is 0. The molecule has 4 nitrogen and oxygen atoms in total. The molecule has 0 radical (unpaired) electrons. The molecule has 0 fully saturated rings. The molecule has 0 aromatic carbocycles. The van der Waals surface area contributed by atoms with Gasteiger partial charge in [-0.1, -0.05) is 6.92 Å². The van der Waals surface area contributed by atoms with E-state index in [1.807, 2.05) is 20.8 Å². The van der Waals surface area contributed by atoms with Crippen molar-refractivity contribution in [3.63, 3.8) is 0 Å². The quantitative estimate of drug-likeness (QED) is 0.584. The molecule has 90 valence electrons. The van der Waals surface area contributed by atoms with Crippen molar-refractivity contribution < 1.29 is 9.90 Å². The van der Waals surface area contributed by atoms with E-state index in [0.717, 1.165) is 6.42 Å². The fourth-order valence-electron chi connectivity index (χ4n) is 1.28. The van der Waals surface area contributed by atoms with Gasteiger partial charge in [0.25, 0.3) is 0 Å². The molecule has 0 spiro atoms. The zero-order valence-corrected chi connectivity index (χ0v) is 10.0. The van der Waals surface area contributed by atoms with Crippen LogP contribution in [0.15, 0.2) is 0 Å². The molecule has 15 heavy (non-hydrogen) atoms. The Hall–Kier alpha value is -0.610.